The Morgan fingerprint density at radius 2 is 0.764 bits per heavy atom. The zero-order valence-corrected chi connectivity index (χ0v) is 29.8. The van der Waals surface area contributed by atoms with Gasteiger partial charge in [0.15, 0.2) is 0 Å². The molecule has 0 amide bonds. The van der Waals surface area contributed by atoms with Crippen LogP contribution in [0.5, 0.6) is 0 Å². The summed E-state index contributed by atoms with van der Waals surface area (Å²) in [6, 6.07) is 70.8. The van der Waals surface area contributed by atoms with Gasteiger partial charge < -0.3 is 13.7 Å². The van der Waals surface area contributed by atoms with E-state index in [1.165, 1.54) is 27.6 Å². The number of nitrogens with zero attached hydrogens (tertiary/aromatic N) is 1. The average Bonchev–Trinajstić information content (AvgIpc) is 3.84. The van der Waals surface area contributed by atoms with E-state index < -0.39 is 0 Å². The van der Waals surface area contributed by atoms with Crippen molar-refractivity contribution in [2.24, 2.45) is 0 Å². The molecule has 0 radical (unpaired) electrons. The molecule has 0 fully saturated rings. The van der Waals surface area contributed by atoms with Crippen LogP contribution < -0.4 is 4.90 Å². The maximum Gasteiger partial charge on any atom is 0.143 e. The minimum atomic E-state index is 0.869. The highest BCUT2D eigenvalue weighted by molar-refractivity contribution is 6.31. The molecular weight excluding hydrogens is 671 g/mol. The van der Waals surface area contributed by atoms with Crippen molar-refractivity contribution in [2.75, 3.05) is 4.90 Å². The average molecular weight is 704 g/mol. The van der Waals surface area contributed by atoms with Crippen LogP contribution >= 0.6 is 0 Å². The van der Waals surface area contributed by atoms with E-state index in [9.17, 15) is 0 Å². The normalized spacial score (nSPS) is 11.6. The summed E-state index contributed by atoms with van der Waals surface area (Å²) in [6.45, 7) is 0. The molecule has 2 heterocycles. The third-order valence-electron chi connectivity index (χ3n) is 10.9. The van der Waals surface area contributed by atoms with Crippen molar-refractivity contribution in [3.05, 3.63) is 200 Å². The Kier molecular flexibility index (Phi) is 7.17. The molecule has 0 bridgehead atoms. The van der Waals surface area contributed by atoms with E-state index in [2.05, 4.69) is 193 Å². The molecule has 11 rings (SSSR count). The Morgan fingerprint density at radius 3 is 1.36 bits per heavy atom. The molecule has 258 valence electrons. The lowest BCUT2D eigenvalue weighted by Crippen LogP contribution is -2.09. The summed E-state index contributed by atoms with van der Waals surface area (Å²) in [5.41, 5.74) is 13.7. The van der Waals surface area contributed by atoms with Gasteiger partial charge in [-0.25, -0.2) is 0 Å². The summed E-state index contributed by atoms with van der Waals surface area (Å²) in [5, 5.41) is 6.79. The van der Waals surface area contributed by atoms with Gasteiger partial charge in [0.05, 0.1) is 0 Å². The monoisotopic (exact) mass is 703 g/mol. The van der Waals surface area contributed by atoms with Crippen LogP contribution in [0.2, 0.25) is 0 Å². The number of fused-ring (bicyclic) bond motifs is 9. The van der Waals surface area contributed by atoms with Crippen LogP contribution in [0, 0.1) is 0 Å². The van der Waals surface area contributed by atoms with Gasteiger partial charge >= 0.3 is 0 Å². The van der Waals surface area contributed by atoms with Gasteiger partial charge in [0.1, 0.15) is 22.3 Å². The number of benzene rings is 9. The standard InChI is InChI=1S/C52H33NO2/c1-3-10-34(11-4-1)36-18-26-40(27-19-36)53(41-28-20-37(21-29-41)35-12-5-2-6-13-35)42-30-22-38(23-31-42)43-15-9-16-45-51-48(55-52(43)45)33-25-39-24-32-47-50(49(39)51)44-14-7-8-17-46(44)54-47/h1-33H. The number of hydrogen-bond acceptors (Lipinski definition) is 3. The first kappa shape index (κ1) is 31.2. The van der Waals surface area contributed by atoms with Gasteiger partial charge in [0, 0.05) is 49.6 Å². The molecule has 0 saturated heterocycles. The number of furan rings is 2. The molecule has 0 aliphatic rings. The molecule has 11 aromatic rings. The molecule has 2 aromatic heterocycles. The number of rotatable bonds is 6. The van der Waals surface area contributed by atoms with Crippen molar-refractivity contribution in [1.82, 2.24) is 0 Å². The highest BCUT2D eigenvalue weighted by Gasteiger charge is 2.20. The lowest BCUT2D eigenvalue weighted by atomic mass is 9.97. The van der Waals surface area contributed by atoms with E-state index in [0.29, 0.717) is 0 Å². The summed E-state index contributed by atoms with van der Waals surface area (Å²) in [7, 11) is 0. The number of para-hydroxylation sites is 2. The Bertz CT molecular complexity index is 3080. The van der Waals surface area contributed by atoms with Gasteiger partial charge in [0.25, 0.3) is 0 Å². The van der Waals surface area contributed by atoms with E-state index in [-0.39, 0.29) is 0 Å². The second-order valence-electron chi connectivity index (χ2n) is 14.1. The highest BCUT2D eigenvalue weighted by Crippen LogP contribution is 2.44. The van der Waals surface area contributed by atoms with Crippen molar-refractivity contribution in [1.29, 1.82) is 0 Å². The van der Waals surface area contributed by atoms with E-state index in [4.69, 9.17) is 8.83 Å². The first-order valence-corrected chi connectivity index (χ1v) is 18.7. The molecule has 3 nitrogen and oxygen atoms in total. The Labute approximate surface area is 317 Å². The van der Waals surface area contributed by atoms with E-state index in [0.717, 1.165) is 77.5 Å². The predicted octanol–water partition coefficient (Wildman–Crippen LogP) is 15.1. The van der Waals surface area contributed by atoms with Crippen molar-refractivity contribution >= 4 is 71.7 Å². The largest absolute Gasteiger partial charge is 0.456 e. The lowest BCUT2D eigenvalue weighted by molar-refractivity contribution is 0.669. The molecule has 0 saturated carbocycles. The van der Waals surface area contributed by atoms with Crippen LogP contribution in [0.4, 0.5) is 17.1 Å². The van der Waals surface area contributed by atoms with Crippen molar-refractivity contribution in [3.8, 4) is 33.4 Å². The van der Waals surface area contributed by atoms with Gasteiger partial charge in [-0.2, -0.15) is 0 Å². The summed E-state index contributed by atoms with van der Waals surface area (Å²) in [5.74, 6) is 0. The van der Waals surface area contributed by atoms with E-state index in [1.807, 2.05) is 12.1 Å². The molecular formula is C52H33NO2. The Hall–Kier alpha value is -7.36. The second kappa shape index (κ2) is 12.6. The van der Waals surface area contributed by atoms with E-state index in [1.54, 1.807) is 0 Å². The Morgan fingerprint density at radius 1 is 0.291 bits per heavy atom. The molecule has 0 spiro atoms. The molecule has 0 aliphatic carbocycles. The minimum absolute atomic E-state index is 0.869. The van der Waals surface area contributed by atoms with Crippen LogP contribution in [0.3, 0.4) is 0 Å². The molecule has 9 aromatic carbocycles. The van der Waals surface area contributed by atoms with Crippen molar-refractivity contribution < 1.29 is 8.83 Å². The van der Waals surface area contributed by atoms with Crippen LogP contribution in [-0.4, -0.2) is 0 Å². The van der Waals surface area contributed by atoms with Gasteiger partial charge in [0.2, 0.25) is 0 Å². The maximum atomic E-state index is 6.75. The van der Waals surface area contributed by atoms with Crippen LogP contribution in [-0.2, 0) is 0 Å². The van der Waals surface area contributed by atoms with Gasteiger partial charge in [-0.3, -0.25) is 0 Å². The molecule has 0 atom stereocenters. The third kappa shape index (κ3) is 5.20. The fourth-order valence-corrected chi connectivity index (χ4v) is 8.25. The maximum absolute atomic E-state index is 6.75. The summed E-state index contributed by atoms with van der Waals surface area (Å²) in [4.78, 5) is 2.32. The quantitative estimate of drug-likeness (QED) is 0.173. The molecule has 0 N–H and O–H groups in total. The number of anilines is 3. The first-order chi connectivity index (χ1) is 27.3. The smallest absolute Gasteiger partial charge is 0.143 e. The second-order valence-corrected chi connectivity index (χ2v) is 14.1. The molecule has 3 heteroatoms. The van der Waals surface area contributed by atoms with Crippen molar-refractivity contribution in [2.45, 2.75) is 0 Å². The fourth-order valence-electron chi connectivity index (χ4n) is 8.25. The van der Waals surface area contributed by atoms with Gasteiger partial charge in [-0.15, -0.1) is 0 Å². The molecule has 0 aliphatic heterocycles. The Balaban J connectivity index is 1.02. The first-order valence-electron chi connectivity index (χ1n) is 18.7. The third-order valence-corrected chi connectivity index (χ3v) is 10.9. The van der Waals surface area contributed by atoms with E-state index >= 15 is 0 Å². The van der Waals surface area contributed by atoms with Crippen LogP contribution in [0.1, 0.15) is 0 Å². The van der Waals surface area contributed by atoms with Crippen LogP contribution in [0.25, 0.3) is 88.0 Å². The highest BCUT2D eigenvalue weighted by atomic mass is 16.3. The van der Waals surface area contributed by atoms with Crippen molar-refractivity contribution in [3.63, 3.8) is 0 Å². The zero-order chi connectivity index (χ0) is 36.3. The summed E-state index contributed by atoms with van der Waals surface area (Å²) in [6.07, 6.45) is 0. The zero-order valence-electron chi connectivity index (χ0n) is 29.8. The fraction of sp³-hybridized carbons (Fsp3) is 0. The summed E-state index contributed by atoms with van der Waals surface area (Å²) >= 11 is 0. The number of hydrogen-bond donors (Lipinski definition) is 0. The van der Waals surface area contributed by atoms with Gasteiger partial charge in [-0.05, 0) is 87.8 Å². The lowest BCUT2D eigenvalue weighted by Gasteiger charge is -2.26. The van der Waals surface area contributed by atoms with Crippen LogP contribution in [0.15, 0.2) is 209 Å². The topological polar surface area (TPSA) is 29.5 Å². The molecule has 0 unspecified atom stereocenters. The van der Waals surface area contributed by atoms with Gasteiger partial charge in [-0.1, -0.05) is 146 Å². The minimum Gasteiger partial charge on any atom is -0.456 e. The predicted molar refractivity (Wildman–Crippen MR) is 229 cm³/mol. The SMILES string of the molecule is c1ccc(-c2ccc(N(c3ccc(-c4ccccc4)cc3)c3ccc(-c4cccc5c4oc4ccc6ccc7oc8ccccc8c7c6c45)cc3)cc2)cc1. The molecule has 55 heavy (non-hydrogen) atoms. The summed E-state index contributed by atoms with van der Waals surface area (Å²) < 4.78 is 13.1.